The molecule has 0 fully saturated rings. The molecule has 0 aromatic heterocycles. The molecule has 29 heavy (non-hydrogen) atoms. The van der Waals surface area contributed by atoms with Crippen LogP contribution in [0.4, 0.5) is 11.4 Å². The van der Waals surface area contributed by atoms with Gasteiger partial charge in [0.2, 0.25) is 5.91 Å². The van der Waals surface area contributed by atoms with E-state index in [2.05, 4.69) is 5.32 Å². The van der Waals surface area contributed by atoms with Gasteiger partial charge in [0.1, 0.15) is 5.75 Å². The number of rotatable bonds is 7. The summed E-state index contributed by atoms with van der Waals surface area (Å²) >= 11 is 5.93. The minimum atomic E-state index is -0.707. The van der Waals surface area contributed by atoms with E-state index in [4.69, 9.17) is 26.8 Å². The first-order chi connectivity index (χ1) is 13.7. The molecule has 0 heterocycles. The maximum absolute atomic E-state index is 12.2. The number of amides is 2. The molecule has 0 spiro atoms. The number of ether oxygens (including phenoxy) is 2. The molecule has 0 aliphatic rings. The van der Waals surface area contributed by atoms with Gasteiger partial charge in [-0.3, -0.25) is 9.59 Å². The van der Waals surface area contributed by atoms with Crippen molar-refractivity contribution in [2.45, 2.75) is 6.92 Å². The molecule has 2 rings (SSSR count). The van der Waals surface area contributed by atoms with Crippen LogP contribution < -0.4 is 15.8 Å². The zero-order valence-corrected chi connectivity index (χ0v) is 17.1. The first-order valence-electron chi connectivity index (χ1n) is 8.62. The van der Waals surface area contributed by atoms with Gasteiger partial charge in [-0.2, -0.15) is 0 Å². The second-order valence-corrected chi connectivity index (χ2v) is 6.69. The fourth-order valence-electron chi connectivity index (χ4n) is 2.45. The van der Waals surface area contributed by atoms with E-state index in [9.17, 15) is 14.4 Å². The minimum Gasteiger partial charge on any atom is -0.495 e. The van der Waals surface area contributed by atoms with Crippen LogP contribution in [-0.2, 0) is 14.3 Å². The van der Waals surface area contributed by atoms with Crippen LogP contribution in [0, 0.1) is 6.92 Å². The van der Waals surface area contributed by atoms with E-state index in [0.29, 0.717) is 22.1 Å². The SMILES string of the molecule is COc1ccc(Cl)cc1NC(=O)CN(C)C(=O)COC(=O)c1cccc(C)c1N. The minimum absolute atomic E-state index is 0.186. The summed E-state index contributed by atoms with van der Waals surface area (Å²) in [4.78, 5) is 37.7. The molecule has 154 valence electrons. The molecule has 2 aromatic rings. The lowest BCUT2D eigenvalue weighted by Gasteiger charge is -2.18. The van der Waals surface area contributed by atoms with Crippen molar-refractivity contribution in [1.29, 1.82) is 0 Å². The number of aryl methyl sites for hydroxylation is 1. The number of carbonyl (C=O) groups excluding carboxylic acids is 3. The average Bonchev–Trinajstić information content (AvgIpc) is 2.68. The van der Waals surface area contributed by atoms with E-state index in [1.165, 1.54) is 26.3 Å². The molecule has 0 unspecified atom stereocenters. The standard InChI is InChI=1S/C20H22ClN3O5/c1-12-5-4-6-14(19(12)22)20(27)29-11-18(26)24(2)10-17(25)23-15-9-13(21)7-8-16(15)28-3/h4-9H,10-11,22H2,1-3H3,(H,23,25). The predicted octanol–water partition coefficient (Wildman–Crippen LogP) is 2.49. The average molecular weight is 420 g/mol. The van der Waals surface area contributed by atoms with Crippen molar-refractivity contribution in [2.24, 2.45) is 0 Å². The van der Waals surface area contributed by atoms with Gasteiger partial charge in [0, 0.05) is 17.8 Å². The van der Waals surface area contributed by atoms with Crippen LogP contribution in [0.15, 0.2) is 36.4 Å². The molecule has 8 nitrogen and oxygen atoms in total. The number of likely N-dealkylation sites (N-methyl/N-ethyl adjacent to an activating group) is 1. The summed E-state index contributed by atoms with van der Waals surface area (Å²) in [5, 5.41) is 3.05. The Morgan fingerprint density at radius 2 is 1.93 bits per heavy atom. The van der Waals surface area contributed by atoms with E-state index in [1.54, 1.807) is 31.2 Å². The fraction of sp³-hybridized carbons (Fsp3) is 0.250. The molecule has 2 aromatic carbocycles. The van der Waals surface area contributed by atoms with Crippen molar-refractivity contribution in [3.8, 4) is 5.75 Å². The maximum atomic E-state index is 12.2. The number of carbonyl (C=O) groups is 3. The molecule has 9 heteroatoms. The van der Waals surface area contributed by atoms with Crippen molar-refractivity contribution in [3.05, 3.63) is 52.5 Å². The van der Waals surface area contributed by atoms with Gasteiger partial charge in [0.05, 0.1) is 24.9 Å². The second kappa shape index (κ2) is 9.79. The third kappa shape index (κ3) is 5.86. The van der Waals surface area contributed by atoms with Crippen LogP contribution >= 0.6 is 11.6 Å². The van der Waals surface area contributed by atoms with E-state index < -0.39 is 24.4 Å². The molecule has 0 aliphatic carbocycles. The van der Waals surface area contributed by atoms with Crippen LogP contribution in [-0.4, -0.2) is 50.0 Å². The number of para-hydroxylation sites is 1. The number of nitrogen functional groups attached to an aromatic ring is 1. The van der Waals surface area contributed by atoms with Crippen molar-refractivity contribution in [1.82, 2.24) is 4.90 Å². The number of hydrogen-bond donors (Lipinski definition) is 2. The largest absolute Gasteiger partial charge is 0.495 e. The van der Waals surface area contributed by atoms with E-state index in [-0.39, 0.29) is 12.1 Å². The highest BCUT2D eigenvalue weighted by Gasteiger charge is 2.18. The lowest BCUT2D eigenvalue weighted by atomic mass is 10.1. The number of nitrogens with two attached hydrogens (primary N) is 1. The summed E-state index contributed by atoms with van der Waals surface area (Å²) in [5.74, 6) is -1.28. The Balaban J connectivity index is 1.90. The zero-order chi connectivity index (χ0) is 21.6. The summed E-state index contributed by atoms with van der Waals surface area (Å²) < 4.78 is 10.2. The number of nitrogens with one attached hydrogen (secondary N) is 1. The Kier molecular flexibility index (Phi) is 7.44. The van der Waals surface area contributed by atoms with E-state index in [1.807, 2.05) is 0 Å². The number of halogens is 1. The van der Waals surface area contributed by atoms with Crippen LogP contribution in [0.2, 0.25) is 5.02 Å². The Morgan fingerprint density at radius 1 is 1.21 bits per heavy atom. The number of nitrogens with zero attached hydrogens (tertiary/aromatic N) is 1. The number of methoxy groups -OCH3 is 1. The first-order valence-corrected chi connectivity index (χ1v) is 9.00. The normalized spacial score (nSPS) is 10.2. The Hall–Kier alpha value is -3.26. The summed E-state index contributed by atoms with van der Waals surface area (Å²) in [5.41, 5.74) is 7.45. The molecule has 3 N–H and O–H groups in total. The fourth-order valence-corrected chi connectivity index (χ4v) is 2.62. The van der Waals surface area contributed by atoms with Crippen LogP contribution in [0.3, 0.4) is 0 Å². The van der Waals surface area contributed by atoms with Crippen LogP contribution in [0.1, 0.15) is 15.9 Å². The second-order valence-electron chi connectivity index (χ2n) is 6.25. The summed E-state index contributed by atoms with van der Waals surface area (Å²) in [6.45, 7) is 0.994. The Labute approximate surface area is 173 Å². The zero-order valence-electron chi connectivity index (χ0n) is 16.3. The lowest BCUT2D eigenvalue weighted by Crippen LogP contribution is -2.37. The number of anilines is 2. The maximum Gasteiger partial charge on any atom is 0.340 e. The van der Waals surface area contributed by atoms with Gasteiger partial charge in [-0.25, -0.2) is 4.79 Å². The number of esters is 1. The smallest absolute Gasteiger partial charge is 0.340 e. The molecule has 0 atom stereocenters. The number of benzene rings is 2. The van der Waals surface area contributed by atoms with Gasteiger partial charge in [-0.1, -0.05) is 23.7 Å². The molecule has 2 amide bonds. The summed E-state index contributed by atoms with van der Waals surface area (Å²) in [6, 6.07) is 9.73. The summed E-state index contributed by atoms with van der Waals surface area (Å²) in [7, 11) is 2.88. The number of hydrogen-bond acceptors (Lipinski definition) is 6. The third-order valence-corrected chi connectivity index (χ3v) is 4.35. The van der Waals surface area contributed by atoms with Gasteiger partial charge < -0.3 is 25.4 Å². The van der Waals surface area contributed by atoms with Crippen molar-refractivity contribution >= 4 is 40.8 Å². The van der Waals surface area contributed by atoms with Crippen LogP contribution in [0.5, 0.6) is 5.75 Å². The van der Waals surface area contributed by atoms with Gasteiger partial charge in [0.25, 0.3) is 5.91 Å². The lowest BCUT2D eigenvalue weighted by molar-refractivity contribution is -0.136. The molecule has 0 radical (unpaired) electrons. The highest BCUT2D eigenvalue weighted by molar-refractivity contribution is 6.31. The molecule has 0 bridgehead atoms. The van der Waals surface area contributed by atoms with E-state index in [0.717, 1.165) is 10.5 Å². The Morgan fingerprint density at radius 3 is 2.62 bits per heavy atom. The quantitative estimate of drug-likeness (QED) is 0.527. The molecule has 0 saturated carbocycles. The van der Waals surface area contributed by atoms with Crippen molar-refractivity contribution in [3.63, 3.8) is 0 Å². The van der Waals surface area contributed by atoms with Crippen molar-refractivity contribution in [2.75, 3.05) is 38.4 Å². The van der Waals surface area contributed by atoms with Gasteiger partial charge in [-0.15, -0.1) is 0 Å². The summed E-state index contributed by atoms with van der Waals surface area (Å²) in [6.07, 6.45) is 0. The molecular formula is C20H22ClN3O5. The first kappa shape index (κ1) is 22.0. The molecule has 0 saturated heterocycles. The van der Waals surface area contributed by atoms with E-state index >= 15 is 0 Å². The monoisotopic (exact) mass is 419 g/mol. The highest BCUT2D eigenvalue weighted by atomic mass is 35.5. The third-order valence-electron chi connectivity index (χ3n) is 4.11. The van der Waals surface area contributed by atoms with Crippen LogP contribution in [0.25, 0.3) is 0 Å². The predicted molar refractivity (Wildman–Crippen MR) is 110 cm³/mol. The van der Waals surface area contributed by atoms with Gasteiger partial charge in [-0.05, 0) is 36.8 Å². The molecule has 0 aliphatic heterocycles. The van der Waals surface area contributed by atoms with Gasteiger partial charge >= 0.3 is 5.97 Å². The highest BCUT2D eigenvalue weighted by Crippen LogP contribution is 2.27. The van der Waals surface area contributed by atoms with Gasteiger partial charge in [0.15, 0.2) is 6.61 Å². The van der Waals surface area contributed by atoms with Crippen molar-refractivity contribution < 1.29 is 23.9 Å². The Bertz CT molecular complexity index is 932. The topological polar surface area (TPSA) is 111 Å². The molecular weight excluding hydrogens is 398 g/mol.